The highest BCUT2D eigenvalue weighted by molar-refractivity contribution is 6.22. The lowest BCUT2D eigenvalue weighted by atomic mass is 9.99. The number of rotatable bonds is 4. The van der Waals surface area contributed by atoms with E-state index in [1.54, 1.807) is 18.3 Å². The molecule has 0 radical (unpaired) electrons. The molecule has 3 aromatic rings. The Morgan fingerprint density at radius 1 is 0.943 bits per heavy atom. The zero-order valence-electron chi connectivity index (χ0n) is 18.8. The molecule has 10 heteroatoms. The number of benzene rings is 1. The van der Waals surface area contributed by atoms with E-state index in [1.165, 1.54) is 11.1 Å². The number of hydrogen-bond donors (Lipinski definition) is 2. The average molecular weight is 470 g/mol. The van der Waals surface area contributed by atoms with Crippen molar-refractivity contribution < 1.29 is 19.2 Å². The lowest BCUT2D eigenvalue weighted by molar-refractivity contribution is -0.122. The Kier molecular flexibility index (Phi) is 4.96. The number of hydrogen-bond acceptors (Lipinski definition) is 6. The second-order valence-corrected chi connectivity index (χ2v) is 8.84. The van der Waals surface area contributed by atoms with E-state index in [2.05, 4.69) is 32.3 Å². The Morgan fingerprint density at radius 2 is 1.80 bits per heavy atom. The fourth-order valence-corrected chi connectivity index (χ4v) is 4.92. The number of nitrogens with zero attached hydrogens (tertiary/aromatic N) is 4. The van der Waals surface area contributed by atoms with Crippen LogP contribution in [0.1, 0.15) is 44.7 Å². The molecule has 3 aliphatic heterocycles. The van der Waals surface area contributed by atoms with Crippen LogP contribution >= 0.6 is 0 Å². The predicted molar refractivity (Wildman–Crippen MR) is 126 cm³/mol. The summed E-state index contributed by atoms with van der Waals surface area (Å²) in [6.07, 6.45) is 6.92. The molecule has 5 amide bonds. The van der Waals surface area contributed by atoms with Crippen molar-refractivity contribution in [2.75, 3.05) is 19.6 Å². The standard InChI is InChI=1S/C25H22N6O4/c32-21-7-11-30(25(35)28-21)31-23(33)18-4-3-15(12-19(18)24(31)34)14-29-9-5-16(6-10-29)20-13-27-22-17(20)2-1-8-26-22/h1-5,8,12-13H,6-7,9-11,14H2,(H,26,27)(H,28,32,35). The first-order chi connectivity index (χ1) is 17.0. The summed E-state index contributed by atoms with van der Waals surface area (Å²) in [6.45, 7) is 2.24. The van der Waals surface area contributed by atoms with Crippen LogP contribution in [0.2, 0.25) is 0 Å². The minimum absolute atomic E-state index is 0.0159. The molecule has 0 bridgehead atoms. The van der Waals surface area contributed by atoms with Gasteiger partial charge in [-0.2, -0.15) is 5.01 Å². The first-order valence-corrected chi connectivity index (χ1v) is 11.5. The molecule has 3 aliphatic rings. The van der Waals surface area contributed by atoms with Gasteiger partial charge in [-0.15, -0.1) is 0 Å². The van der Waals surface area contributed by atoms with Gasteiger partial charge in [-0.1, -0.05) is 12.1 Å². The molecular formula is C25H22N6O4. The molecule has 5 heterocycles. The molecule has 1 fully saturated rings. The number of carbonyl (C=O) groups is 4. The van der Waals surface area contributed by atoms with Gasteiger partial charge in [-0.05, 0) is 41.8 Å². The molecule has 0 atom stereocenters. The highest BCUT2D eigenvalue weighted by Gasteiger charge is 2.43. The summed E-state index contributed by atoms with van der Waals surface area (Å²) in [4.78, 5) is 59.4. The third kappa shape index (κ3) is 3.58. The molecule has 2 N–H and O–H groups in total. The molecule has 176 valence electrons. The Bertz CT molecular complexity index is 1440. The molecule has 0 spiro atoms. The quantitative estimate of drug-likeness (QED) is 0.565. The summed E-state index contributed by atoms with van der Waals surface area (Å²) in [5.41, 5.74) is 4.79. The van der Waals surface area contributed by atoms with Gasteiger partial charge in [0.05, 0.1) is 17.7 Å². The molecular weight excluding hydrogens is 448 g/mol. The van der Waals surface area contributed by atoms with Crippen LogP contribution in [0.4, 0.5) is 4.79 Å². The maximum absolute atomic E-state index is 13.0. The first-order valence-electron chi connectivity index (χ1n) is 11.5. The summed E-state index contributed by atoms with van der Waals surface area (Å²) < 4.78 is 0. The van der Waals surface area contributed by atoms with Gasteiger partial charge in [-0.25, -0.2) is 14.8 Å². The summed E-state index contributed by atoms with van der Waals surface area (Å²) in [7, 11) is 0. The van der Waals surface area contributed by atoms with Crippen molar-refractivity contribution in [1.29, 1.82) is 0 Å². The number of amides is 5. The number of urea groups is 1. The number of fused-ring (bicyclic) bond motifs is 2. The van der Waals surface area contributed by atoms with Gasteiger partial charge in [0, 0.05) is 49.4 Å². The molecule has 0 unspecified atom stereocenters. The van der Waals surface area contributed by atoms with Gasteiger partial charge in [0.2, 0.25) is 5.91 Å². The third-order valence-electron chi connectivity index (χ3n) is 6.70. The van der Waals surface area contributed by atoms with E-state index in [-0.39, 0.29) is 24.1 Å². The largest absolute Gasteiger partial charge is 0.346 e. The van der Waals surface area contributed by atoms with E-state index >= 15 is 0 Å². The second kappa shape index (κ2) is 8.17. The number of nitrogens with one attached hydrogen (secondary N) is 2. The maximum atomic E-state index is 13.0. The van der Waals surface area contributed by atoms with E-state index in [4.69, 9.17) is 0 Å². The van der Waals surface area contributed by atoms with Crippen molar-refractivity contribution in [3.63, 3.8) is 0 Å². The van der Waals surface area contributed by atoms with Crippen molar-refractivity contribution in [2.24, 2.45) is 0 Å². The molecule has 0 aliphatic carbocycles. The second-order valence-electron chi connectivity index (χ2n) is 8.84. The average Bonchev–Trinajstić information content (AvgIpc) is 3.39. The fraction of sp³-hybridized carbons (Fsp3) is 0.240. The summed E-state index contributed by atoms with van der Waals surface area (Å²) in [6, 6.07) is 8.46. The van der Waals surface area contributed by atoms with Crippen LogP contribution in [0, 0.1) is 0 Å². The normalized spacial score (nSPS) is 18.8. The lowest BCUT2D eigenvalue weighted by Crippen LogP contribution is -2.58. The SMILES string of the molecule is O=C1CCN(N2C(=O)c3ccc(CN4CC=C(c5c[nH]c6ncccc56)CC4)cc3C2=O)C(=O)N1. The van der Waals surface area contributed by atoms with Crippen molar-refractivity contribution in [3.8, 4) is 0 Å². The first kappa shape index (κ1) is 21.2. The highest BCUT2D eigenvalue weighted by Crippen LogP contribution is 2.30. The lowest BCUT2D eigenvalue weighted by Gasteiger charge is -2.32. The maximum Gasteiger partial charge on any atom is 0.343 e. The van der Waals surface area contributed by atoms with Gasteiger partial charge < -0.3 is 4.98 Å². The van der Waals surface area contributed by atoms with Crippen LogP contribution in [0.5, 0.6) is 0 Å². The minimum atomic E-state index is -0.766. The minimum Gasteiger partial charge on any atom is -0.346 e. The number of hydrazine groups is 1. The summed E-state index contributed by atoms with van der Waals surface area (Å²) >= 11 is 0. The van der Waals surface area contributed by atoms with E-state index in [0.29, 0.717) is 6.54 Å². The molecule has 0 saturated carbocycles. The van der Waals surface area contributed by atoms with Crippen molar-refractivity contribution in [1.82, 2.24) is 30.2 Å². The third-order valence-corrected chi connectivity index (χ3v) is 6.70. The number of aromatic amines is 1. The van der Waals surface area contributed by atoms with Crippen molar-refractivity contribution in [3.05, 3.63) is 71.1 Å². The van der Waals surface area contributed by atoms with E-state index < -0.39 is 23.8 Å². The Balaban J connectivity index is 1.17. The fourth-order valence-electron chi connectivity index (χ4n) is 4.92. The van der Waals surface area contributed by atoms with Crippen LogP contribution in [0.15, 0.2) is 48.8 Å². The molecule has 1 saturated heterocycles. The van der Waals surface area contributed by atoms with Crippen LogP contribution in [0.3, 0.4) is 0 Å². The zero-order valence-corrected chi connectivity index (χ0v) is 18.8. The van der Waals surface area contributed by atoms with Gasteiger partial charge in [0.15, 0.2) is 0 Å². The topological polar surface area (TPSA) is 119 Å². The number of aromatic nitrogens is 2. The number of carbonyl (C=O) groups excluding carboxylic acids is 4. The zero-order chi connectivity index (χ0) is 24.1. The summed E-state index contributed by atoms with van der Waals surface area (Å²) in [5.74, 6) is -1.53. The van der Waals surface area contributed by atoms with Crippen LogP contribution in [-0.2, 0) is 11.3 Å². The van der Waals surface area contributed by atoms with Gasteiger partial charge >= 0.3 is 6.03 Å². The Hall–Kier alpha value is -4.31. The molecule has 2 aromatic heterocycles. The molecule has 6 rings (SSSR count). The van der Waals surface area contributed by atoms with E-state index in [9.17, 15) is 19.2 Å². The smallest absolute Gasteiger partial charge is 0.343 e. The number of imide groups is 2. The van der Waals surface area contributed by atoms with Crippen molar-refractivity contribution in [2.45, 2.75) is 19.4 Å². The Labute approximate surface area is 200 Å². The summed E-state index contributed by atoms with van der Waals surface area (Å²) in [5, 5.41) is 5.10. The Morgan fingerprint density at radius 3 is 2.60 bits per heavy atom. The van der Waals surface area contributed by atoms with Crippen LogP contribution in [0.25, 0.3) is 16.6 Å². The van der Waals surface area contributed by atoms with Gasteiger partial charge in [-0.3, -0.25) is 24.6 Å². The van der Waals surface area contributed by atoms with Crippen LogP contribution < -0.4 is 5.32 Å². The van der Waals surface area contributed by atoms with Crippen molar-refractivity contribution >= 4 is 40.4 Å². The van der Waals surface area contributed by atoms with E-state index in [0.717, 1.165) is 46.1 Å². The van der Waals surface area contributed by atoms with Crippen LogP contribution in [-0.4, -0.2) is 68.3 Å². The molecule has 10 nitrogen and oxygen atoms in total. The monoisotopic (exact) mass is 470 g/mol. The predicted octanol–water partition coefficient (Wildman–Crippen LogP) is 2.31. The molecule has 35 heavy (non-hydrogen) atoms. The molecule has 1 aromatic carbocycles. The highest BCUT2D eigenvalue weighted by atomic mass is 16.2. The van der Waals surface area contributed by atoms with Gasteiger partial charge in [0.1, 0.15) is 5.65 Å². The van der Waals surface area contributed by atoms with Gasteiger partial charge in [0.25, 0.3) is 11.8 Å². The van der Waals surface area contributed by atoms with E-state index in [1.807, 2.05) is 18.3 Å². The number of pyridine rings is 1. The number of H-pyrrole nitrogens is 1.